The van der Waals surface area contributed by atoms with E-state index in [1.54, 1.807) is 6.07 Å². The highest BCUT2D eigenvalue weighted by atomic mass is 32.2. The lowest BCUT2D eigenvalue weighted by Gasteiger charge is -2.10. The molecule has 1 aliphatic heterocycles. The molecule has 0 aromatic heterocycles. The molecule has 1 unspecified atom stereocenters. The van der Waals surface area contributed by atoms with Crippen molar-refractivity contribution >= 4 is 21.4 Å². The Morgan fingerprint density at radius 3 is 2.85 bits per heavy atom. The predicted molar refractivity (Wildman–Crippen MR) is 74.7 cm³/mol. The fraction of sp³-hybridized carbons (Fsp3) is 0.462. The van der Waals surface area contributed by atoms with Crippen LogP contribution in [0.25, 0.3) is 0 Å². The van der Waals surface area contributed by atoms with Gasteiger partial charge in [0.2, 0.25) is 5.91 Å². The van der Waals surface area contributed by atoms with Crippen molar-refractivity contribution in [2.45, 2.75) is 6.42 Å². The second kappa shape index (κ2) is 6.32. The number of carbonyl (C=O) groups is 1. The maximum absolute atomic E-state index is 12.9. The number of anilines is 1. The third-order valence-electron chi connectivity index (χ3n) is 3.15. The molecule has 1 saturated heterocycles. The topological polar surface area (TPSA) is 75.3 Å². The number of sulfone groups is 1. The monoisotopic (exact) mass is 300 g/mol. The number of nitrogens with one attached hydrogen (secondary N) is 2. The molecule has 1 amide bonds. The van der Waals surface area contributed by atoms with Gasteiger partial charge >= 0.3 is 0 Å². The van der Waals surface area contributed by atoms with Crippen molar-refractivity contribution in [3.63, 3.8) is 0 Å². The third-order valence-corrected chi connectivity index (χ3v) is 4.99. The van der Waals surface area contributed by atoms with Gasteiger partial charge in [-0.2, -0.15) is 0 Å². The van der Waals surface area contributed by atoms with E-state index < -0.39 is 15.7 Å². The molecule has 1 heterocycles. The first-order valence-electron chi connectivity index (χ1n) is 6.41. The van der Waals surface area contributed by atoms with Crippen LogP contribution < -0.4 is 10.6 Å². The van der Waals surface area contributed by atoms with Gasteiger partial charge in [0.1, 0.15) is 5.82 Å². The summed E-state index contributed by atoms with van der Waals surface area (Å²) in [5.41, 5.74) is 0.403. The Morgan fingerprint density at radius 2 is 2.20 bits per heavy atom. The summed E-state index contributed by atoms with van der Waals surface area (Å²) in [5, 5.41) is 5.49. The molecule has 0 saturated carbocycles. The first kappa shape index (κ1) is 14.9. The van der Waals surface area contributed by atoms with E-state index in [4.69, 9.17) is 0 Å². The van der Waals surface area contributed by atoms with Crippen LogP contribution in [0.5, 0.6) is 0 Å². The molecule has 0 spiro atoms. The van der Waals surface area contributed by atoms with Gasteiger partial charge in [0, 0.05) is 5.69 Å². The molecular weight excluding hydrogens is 283 g/mol. The fourth-order valence-electron chi connectivity index (χ4n) is 2.19. The zero-order valence-electron chi connectivity index (χ0n) is 10.9. The van der Waals surface area contributed by atoms with Gasteiger partial charge in [-0.15, -0.1) is 0 Å². The van der Waals surface area contributed by atoms with Gasteiger partial charge in [0.05, 0.1) is 18.1 Å². The van der Waals surface area contributed by atoms with Crippen molar-refractivity contribution in [3.05, 3.63) is 30.1 Å². The standard InChI is InChI=1S/C13H17FN2O3S/c14-11-2-1-3-12(6-11)16-13(17)8-15-7-10-4-5-20(18,19)9-10/h1-3,6,10,15H,4-5,7-9H2,(H,16,17). The first-order chi connectivity index (χ1) is 9.44. The van der Waals surface area contributed by atoms with Crippen LogP contribution in [-0.4, -0.2) is 38.9 Å². The van der Waals surface area contributed by atoms with Gasteiger partial charge in [-0.25, -0.2) is 12.8 Å². The molecule has 110 valence electrons. The van der Waals surface area contributed by atoms with E-state index in [1.165, 1.54) is 18.2 Å². The van der Waals surface area contributed by atoms with Crippen molar-refractivity contribution in [2.75, 3.05) is 29.9 Å². The minimum Gasteiger partial charge on any atom is -0.325 e. The lowest BCUT2D eigenvalue weighted by atomic mass is 10.1. The Balaban J connectivity index is 1.71. The highest BCUT2D eigenvalue weighted by Gasteiger charge is 2.27. The van der Waals surface area contributed by atoms with Crippen LogP contribution in [0.15, 0.2) is 24.3 Å². The molecule has 7 heteroatoms. The normalized spacial score (nSPS) is 20.8. The van der Waals surface area contributed by atoms with Gasteiger partial charge in [-0.05, 0) is 37.1 Å². The van der Waals surface area contributed by atoms with E-state index in [9.17, 15) is 17.6 Å². The summed E-state index contributed by atoms with van der Waals surface area (Å²) < 4.78 is 35.5. The average molecular weight is 300 g/mol. The first-order valence-corrected chi connectivity index (χ1v) is 8.23. The maximum Gasteiger partial charge on any atom is 0.238 e. The molecule has 1 fully saturated rings. The van der Waals surface area contributed by atoms with Gasteiger partial charge in [0.25, 0.3) is 0 Å². The molecule has 1 aromatic rings. The zero-order valence-corrected chi connectivity index (χ0v) is 11.7. The Hall–Kier alpha value is -1.47. The van der Waals surface area contributed by atoms with E-state index in [2.05, 4.69) is 10.6 Å². The number of benzene rings is 1. The largest absolute Gasteiger partial charge is 0.325 e. The van der Waals surface area contributed by atoms with E-state index in [0.29, 0.717) is 18.7 Å². The molecule has 0 radical (unpaired) electrons. The average Bonchev–Trinajstić information content (AvgIpc) is 2.69. The summed E-state index contributed by atoms with van der Waals surface area (Å²) in [4.78, 5) is 11.6. The number of hydrogen-bond donors (Lipinski definition) is 2. The van der Waals surface area contributed by atoms with Crippen molar-refractivity contribution in [3.8, 4) is 0 Å². The predicted octanol–water partition coefficient (Wildman–Crippen LogP) is 0.788. The molecule has 5 nitrogen and oxygen atoms in total. The number of carbonyl (C=O) groups excluding carboxylic acids is 1. The zero-order chi connectivity index (χ0) is 14.6. The lowest BCUT2D eigenvalue weighted by Crippen LogP contribution is -2.32. The minimum absolute atomic E-state index is 0.0713. The van der Waals surface area contributed by atoms with Crippen molar-refractivity contribution in [1.29, 1.82) is 0 Å². The van der Waals surface area contributed by atoms with Gasteiger partial charge in [-0.3, -0.25) is 4.79 Å². The van der Waals surface area contributed by atoms with Gasteiger partial charge < -0.3 is 10.6 Å². The Morgan fingerprint density at radius 1 is 1.40 bits per heavy atom. The second-order valence-corrected chi connectivity index (χ2v) is 7.19. The number of hydrogen-bond acceptors (Lipinski definition) is 4. The molecule has 2 N–H and O–H groups in total. The van der Waals surface area contributed by atoms with Crippen molar-refractivity contribution in [1.82, 2.24) is 5.32 Å². The molecule has 0 aliphatic carbocycles. The highest BCUT2D eigenvalue weighted by Crippen LogP contribution is 2.17. The lowest BCUT2D eigenvalue weighted by molar-refractivity contribution is -0.115. The number of amides is 1. The van der Waals surface area contributed by atoms with Crippen molar-refractivity contribution < 1.29 is 17.6 Å². The summed E-state index contributed by atoms with van der Waals surface area (Å²) in [7, 11) is -2.88. The molecule has 1 aliphatic rings. The summed E-state index contributed by atoms with van der Waals surface area (Å²) in [6, 6.07) is 5.65. The quantitative estimate of drug-likeness (QED) is 0.843. The van der Waals surface area contributed by atoms with Crippen LogP contribution in [-0.2, 0) is 14.6 Å². The summed E-state index contributed by atoms with van der Waals surface area (Å²) >= 11 is 0. The summed E-state index contributed by atoms with van der Waals surface area (Å²) in [6.45, 7) is 0.572. The second-order valence-electron chi connectivity index (χ2n) is 4.96. The summed E-state index contributed by atoms with van der Waals surface area (Å²) in [5.74, 6) is -0.203. The van der Waals surface area contributed by atoms with Crippen LogP contribution in [0, 0.1) is 11.7 Å². The van der Waals surface area contributed by atoms with Crippen LogP contribution in [0.4, 0.5) is 10.1 Å². The van der Waals surface area contributed by atoms with Crippen molar-refractivity contribution in [2.24, 2.45) is 5.92 Å². The molecular formula is C13H17FN2O3S. The number of rotatable bonds is 5. The molecule has 0 bridgehead atoms. The smallest absolute Gasteiger partial charge is 0.238 e. The Bertz CT molecular complexity index is 589. The van der Waals surface area contributed by atoms with Crippen LogP contribution in [0.1, 0.15) is 6.42 Å². The van der Waals surface area contributed by atoms with E-state index in [0.717, 1.165) is 0 Å². The Kier molecular flexibility index (Phi) is 4.72. The van der Waals surface area contributed by atoms with E-state index in [1.807, 2.05) is 0 Å². The third kappa shape index (κ3) is 4.57. The minimum atomic E-state index is -2.88. The van der Waals surface area contributed by atoms with Crippen LogP contribution in [0.3, 0.4) is 0 Å². The Labute approximate surface area is 117 Å². The highest BCUT2D eigenvalue weighted by molar-refractivity contribution is 7.91. The molecule has 1 atom stereocenters. The molecule has 1 aromatic carbocycles. The summed E-state index contributed by atoms with van der Waals surface area (Å²) in [6.07, 6.45) is 0.640. The number of halogens is 1. The maximum atomic E-state index is 12.9. The van der Waals surface area contributed by atoms with Crippen LogP contribution >= 0.6 is 0 Å². The SMILES string of the molecule is O=C(CNCC1CCS(=O)(=O)C1)Nc1cccc(F)c1. The van der Waals surface area contributed by atoms with Gasteiger partial charge in [-0.1, -0.05) is 6.07 Å². The van der Waals surface area contributed by atoms with E-state index in [-0.39, 0.29) is 29.9 Å². The van der Waals surface area contributed by atoms with Crippen LogP contribution in [0.2, 0.25) is 0 Å². The van der Waals surface area contributed by atoms with E-state index >= 15 is 0 Å². The molecule has 2 rings (SSSR count). The molecule has 20 heavy (non-hydrogen) atoms. The van der Waals surface area contributed by atoms with Gasteiger partial charge in [0.15, 0.2) is 9.84 Å². The fourth-order valence-corrected chi connectivity index (χ4v) is 4.06.